The van der Waals surface area contributed by atoms with Gasteiger partial charge in [-0.2, -0.15) is 0 Å². The van der Waals surface area contributed by atoms with Crippen molar-refractivity contribution in [1.82, 2.24) is 5.32 Å². The maximum absolute atomic E-state index is 5.73. The molecule has 0 aromatic carbocycles. The molecule has 2 fully saturated rings. The molecule has 3 unspecified atom stereocenters. The summed E-state index contributed by atoms with van der Waals surface area (Å²) in [5.74, 6) is 1.59. The van der Waals surface area contributed by atoms with Crippen LogP contribution in [-0.4, -0.2) is 25.8 Å². The highest BCUT2D eigenvalue weighted by molar-refractivity contribution is 4.95. The second-order valence-corrected chi connectivity index (χ2v) is 6.94. The van der Waals surface area contributed by atoms with Crippen LogP contribution in [0.2, 0.25) is 0 Å². The molecule has 0 aromatic rings. The molecule has 1 N–H and O–H groups in total. The quantitative estimate of drug-likeness (QED) is 0.808. The van der Waals surface area contributed by atoms with Gasteiger partial charge in [-0.3, -0.25) is 0 Å². The van der Waals surface area contributed by atoms with Crippen molar-refractivity contribution in [2.75, 3.05) is 19.8 Å². The first kappa shape index (κ1) is 14.3. The van der Waals surface area contributed by atoms with Crippen molar-refractivity contribution in [2.45, 2.75) is 65.3 Å². The van der Waals surface area contributed by atoms with E-state index in [-0.39, 0.29) is 0 Å². The van der Waals surface area contributed by atoms with Gasteiger partial charge in [0.2, 0.25) is 0 Å². The molecule has 2 aliphatic rings. The Morgan fingerprint density at radius 1 is 1.28 bits per heavy atom. The standard InChI is InChI=1S/C16H31NO/c1-4-10-17-15(13-7-6-11-18-12-13)14-8-5-9-16(14,2)3/h13-15,17H,4-12H2,1-3H3. The lowest BCUT2D eigenvalue weighted by atomic mass is 9.72. The summed E-state index contributed by atoms with van der Waals surface area (Å²) in [4.78, 5) is 0. The highest BCUT2D eigenvalue weighted by atomic mass is 16.5. The zero-order valence-corrected chi connectivity index (χ0v) is 12.5. The summed E-state index contributed by atoms with van der Waals surface area (Å²) in [5.41, 5.74) is 0.517. The van der Waals surface area contributed by atoms with E-state index in [0.717, 1.165) is 31.6 Å². The van der Waals surface area contributed by atoms with Crippen LogP contribution >= 0.6 is 0 Å². The fourth-order valence-corrected chi connectivity index (χ4v) is 4.02. The van der Waals surface area contributed by atoms with Gasteiger partial charge < -0.3 is 10.1 Å². The molecular formula is C16H31NO. The van der Waals surface area contributed by atoms with E-state index in [9.17, 15) is 0 Å². The van der Waals surface area contributed by atoms with Gasteiger partial charge in [-0.15, -0.1) is 0 Å². The van der Waals surface area contributed by atoms with Crippen molar-refractivity contribution in [3.63, 3.8) is 0 Å². The molecule has 18 heavy (non-hydrogen) atoms. The third kappa shape index (κ3) is 3.27. The van der Waals surface area contributed by atoms with E-state index in [1.54, 1.807) is 0 Å². The van der Waals surface area contributed by atoms with Crippen LogP contribution in [0.25, 0.3) is 0 Å². The van der Waals surface area contributed by atoms with Gasteiger partial charge in [0.15, 0.2) is 0 Å². The Labute approximate surface area is 113 Å². The minimum absolute atomic E-state index is 0.517. The maximum Gasteiger partial charge on any atom is 0.0509 e. The van der Waals surface area contributed by atoms with Crippen molar-refractivity contribution in [1.29, 1.82) is 0 Å². The van der Waals surface area contributed by atoms with E-state index in [1.807, 2.05) is 0 Å². The van der Waals surface area contributed by atoms with Crippen LogP contribution in [0, 0.1) is 17.3 Å². The van der Waals surface area contributed by atoms with E-state index < -0.39 is 0 Å². The second kappa shape index (κ2) is 6.38. The molecule has 1 saturated carbocycles. The minimum Gasteiger partial charge on any atom is -0.381 e. The van der Waals surface area contributed by atoms with Crippen molar-refractivity contribution in [3.05, 3.63) is 0 Å². The molecule has 0 bridgehead atoms. The fourth-order valence-electron chi connectivity index (χ4n) is 4.02. The number of ether oxygens (including phenoxy) is 1. The molecule has 3 atom stereocenters. The Balaban J connectivity index is 2.03. The Kier molecular flexibility index (Phi) is 5.08. The highest BCUT2D eigenvalue weighted by Crippen LogP contribution is 2.46. The average molecular weight is 253 g/mol. The summed E-state index contributed by atoms with van der Waals surface area (Å²) in [6, 6.07) is 0.683. The SMILES string of the molecule is CCCNC(C1CCCOC1)C1CCCC1(C)C. The van der Waals surface area contributed by atoms with E-state index in [1.165, 1.54) is 38.5 Å². The molecule has 0 aromatic heterocycles. The number of rotatable bonds is 5. The van der Waals surface area contributed by atoms with Crippen LogP contribution in [0.3, 0.4) is 0 Å². The van der Waals surface area contributed by atoms with Gasteiger partial charge in [-0.25, -0.2) is 0 Å². The van der Waals surface area contributed by atoms with E-state index in [0.29, 0.717) is 11.5 Å². The molecule has 1 aliphatic heterocycles. The smallest absolute Gasteiger partial charge is 0.0509 e. The van der Waals surface area contributed by atoms with Crippen LogP contribution in [0.1, 0.15) is 59.3 Å². The molecule has 0 radical (unpaired) electrons. The van der Waals surface area contributed by atoms with Crippen LogP contribution in [0.4, 0.5) is 0 Å². The molecule has 106 valence electrons. The highest BCUT2D eigenvalue weighted by Gasteiger charge is 2.42. The van der Waals surface area contributed by atoms with Crippen LogP contribution in [0.5, 0.6) is 0 Å². The summed E-state index contributed by atoms with van der Waals surface area (Å²) in [7, 11) is 0. The van der Waals surface area contributed by atoms with Gasteiger partial charge in [0.05, 0.1) is 6.61 Å². The number of hydrogen-bond donors (Lipinski definition) is 1. The molecule has 0 amide bonds. The molecule has 1 heterocycles. The van der Waals surface area contributed by atoms with Crippen molar-refractivity contribution in [2.24, 2.45) is 17.3 Å². The van der Waals surface area contributed by atoms with Gasteiger partial charge in [-0.05, 0) is 55.9 Å². The molecule has 2 rings (SSSR count). The van der Waals surface area contributed by atoms with Crippen molar-refractivity contribution < 1.29 is 4.74 Å². The van der Waals surface area contributed by atoms with Gasteiger partial charge >= 0.3 is 0 Å². The van der Waals surface area contributed by atoms with E-state index >= 15 is 0 Å². The third-order valence-electron chi connectivity index (χ3n) is 5.11. The predicted octanol–water partition coefficient (Wildman–Crippen LogP) is 3.61. The second-order valence-electron chi connectivity index (χ2n) is 6.94. The predicted molar refractivity (Wildman–Crippen MR) is 76.7 cm³/mol. The Morgan fingerprint density at radius 3 is 2.67 bits per heavy atom. The molecule has 2 heteroatoms. The summed E-state index contributed by atoms with van der Waals surface area (Å²) in [6.07, 6.45) is 8.06. The largest absolute Gasteiger partial charge is 0.381 e. The van der Waals surface area contributed by atoms with Gasteiger partial charge in [-0.1, -0.05) is 27.2 Å². The third-order valence-corrected chi connectivity index (χ3v) is 5.11. The van der Waals surface area contributed by atoms with Gasteiger partial charge in [0, 0.05) is 12.6 Å². The zero-order chi connectivity index (χ0) is 13.0. The number of nitrogens with one attached hydrogen (secondary N) is 1. The summed E-state index contributed by atoms with van der Waals surface area (Å²) < 4.78 is 5.73. The van der Waals surface area contributed by atoms with Crippen molar-refractivity contribution in [3.8, 4) is 0 Å². The topological polar surface area (TPSA) is 21.3 Å². The fraction of sp³-hybridized carbons (Fsp3) is 1.00. The number of hydrogen-bond acceptors (Lipinski definition) is 2. The van der Waals surface area contributed by atoms with Gasteiger partial charge in [0.1, 0.15) is 0 Å². The first-order chi connectivity index (χ1) is 8.65. The first-order valence-electron chi connectivity index (χ1n) is 7.96. The monoisotopic (exact) mass is 253 g/mol. The molecule has 2 nitrogen and oxygen atoms in total. The summed E-state index contributed by atoms with van der Waals surface area (Å²) in [5, 5.41) is 3.86. The molecule has 1 saturated heterocycles. The lowest BCUT2D eigenvalue weighted by molar-refractivity contribution is 0.0171. The van der Waals surface area contributed by atoms with Crippen LogP contribution in [0.15, 0.2) is 0 Å². The van der Waals surface area contributed by atoms with Crippen LogP contribution < -0.4 is 5.32 Å². The van der Waals surface area contributed by atoms with Crippen LogP contribution in [-0.2, 0) is 4.74 Å². The Morgan fingerprint density at radius 2 is 2.11 bits per heavy atom. The zero-order valence-electron chi connectivity index (χ0n) is 12.5. The van der Waals surface area contributed by atoms with E-state index in [2.05, 4.69) is 26.1 Å². The summed E-state index contributed by atoms with van der Waals surface area (Å²) >= 11 is 0. The van der Waals surface area contributed by atoms with E-state index in [4.69, 9.17) is 4.74 Å². The Hall–Kier alpha value is -0.0800. The Bertz CT molecular complexity index is 245. The van der Waals surface area contributed by atoms with Gasteiger partial charge in [0.25, 0.3) is 0 Å². The normalized spacial score (nSPS) is 33.5. The molecule has 1 aliphatic carbocycles. The average Bonchev–Trinajstić information content (AvgIpc) is 2.71. The molecular weight excluding hydrogens is 222 g/mol. The maximum atomic E-state index is 5.73. The lowest BCUT2D eigenvalue weighted by Gasteiger charge is -2.40. The molecule has 0 spiro atoms. The summed E-state index contributed by atoms with van der Waals surface area (Å²) in [6.45, 7) is 10.3. The lowest BCUT2D eigenvalue weighted by Crippen LogP contribution is -2.48. The minimum atomic E-state index is 0.517. The van der Waals surface area contributed by atoms with Crippen molar-refractivity contribution >= 4 is 0 Å². The first-order valence-corrected chi connectivity index (χ1v) is 7.96.